The maximum absolute atomic E-state index is 13.3. The van der Waals surface area contributed by atoms with Gasteiger partial charge in [-0.1, -0.05) is 12.1 Å². The summed E-state index contributed by atoms with van der Waals surface area (Å²) in [7, 11) is 0. The van der Waals surface area contributed by atoms with Gasteiger partial charge in [0, 0.05) is 23.7 Å². The predicted octanol–water partition coefficient (Wildman–Crippen LogP) is 4.77. The zero-order chi connectivity index (χ0) is 20.7. The van der Waals surface area contributed by atoms with Gasteiger partial charge in [0.15, 0.2) is 0 Å². The smallest absolute Gasteiger partial charge is 0.254 e. The average Bonchev–Trinajstić information content (AvgIpc) is 3.24. The first-order chi connectivity index (χ1) is 14.7. The lowest BCUT2D eigenvalue weighted by molar-refractivity contribution is 0.0701. The Bertz CT molecular complexity index is 985. The van der Waals surface area contributed by atoms with Gasteiger partial charge < -0.3 is 15.3 Å². The number of rotatable bonds is 3. The molecule has 3 atom stereocenters. The summed E-state index contributed by atoms with van der Waals surface area (Å²) in [4.78, 5) is 15.2. The van der Waals surface area contributed by atoms with Crippen molar-refractivity contribution in [3.63, 3.8) is 0 Å². The third-order valence-electron chi connectivity index (χ3n) is 6.88. The van der Waals surface area contributed by atoms with Crippen LogP contribution >= 0.6 is 0 Å². The number of allylic oxidation sites excluding steroid dienone is 2. The zero-order valence-corrected chi connectivity index (χ0v) is 17.0. The average molecular weight is 407 g/mol. The van der Waals surface area contributed by atoms with Crippen LogP contribution in [0, 0.1) is 11.7 Å². The number of benzene rings is 2. The molecule has 2 heterocycles. The maximum atomic E-state index is 13.3. The predicted molar refractivity (Wildman–Crippen MR) is 116 cm³/mol. The van der Waals surface area contributed by atoms with Crippen molar-refractivity contribution in [2.75, 3.05) is 18.5 Å². The highest BCUT2D eigenvalue weighted by Gasteiger charge is 2.45. The molecule has 2 aliphatic heterocycles. The monoisotopic (exact) mass is 406 g/mol. The molecule has 4 nitrogen and oxygen atoms in total. The fourth-order valence-corrected chi connectivity index (χ4v) is 5.35. The van der Waals surface area contributed by atoms with Crippen LogP contribution in [0.15, 0.2) is 48.5 Å². The number of amides is 1. The molecule has 0 bridgehead atoms. The highest BCUT2D eigenvalue weighted by molar-refractivity contribution is 5.95. The Morgan fingerprint density at radius 2 is 2.00 bits per heavy atom. The summed E-state index contributed by atoms with van der Waals surface area (Å²) in [6, 6.07) is 12.1. The van der Waals surface area contributed by atoms with Crippen LogP contribution in [0.5, 0.6) is 0 Å². The van der Waals surface area contributed by atoms with Crippen LogP contribution < -0.4 is 5.32 Å². The highest BCUT2D eigenvalue weighted by Crippen LogP contribution is 2.47. The summed E-state index contributed by atoms with van der Waals surface area (Å²) < 4.78 is 13.3. The zero-order valence-electron chi connectivity index (χ0n) is 17.0. The second-order valence-corrected chi connectivity index (χ2v) is 8.61. The molecule has 0 saturated carbocycles. The van der Waals surface area contributed by atoms with Crippen molar-refractivity contribution in [1.82, 2.24) is 4.90 Å². The Morgan fingerprint density at radius 1 is 1.17 bits per heavy atom. The van der Waals surface area contributed by atoms with Gasteiger partial charge in [-0.05, 0) is 85.2 Å². The molecule has 0 radical (unpaired) electrons. The van der Waals surface area contributed by atoms with Gasteiger partial charge in [0.2, 0.25) is 0 Å². The van der Waals surface area contributed by atoms with Gasteiger partial charge in [-0.15, -0.1) is 0 Å². The van der Waals surface area contributed by atoms with Crippen molar-refractivity contribution in [1.29, 1.82) is 0 Å². The van der Waals surface area contributed by atoms with Crippen molar-refractivity contribution in [2.24, 2.45) is 5.92 Å². The van der Waals surface area contributed by atoms with Crippen LogP contribution in [0.4, 0.5) is 10.1 Å². The molecule has 2 aromatic rings. The van der Waals surface area contributed by atoms with E-state index in [4.69, 9.17) is 0 Å². The van der Waals surface area contributed by atoms with Gasteiger partial charge >= 0.3 is 0 Å². The Morgan fingerprint density at radius 3 is 2.73 bits per heavy atom. The van der Waals surface area contributed by atoms with E-state index in [1.807, 2.05) is 4.90 Å². The van der Waals surface area contributed by atoms with Gasteiger partial charge in [-0.2, -0.15) is 0 Å². The molecule has 156 valence electrons. The highest BCUT2D eigenvalue weighted by atomic mass is 19.1. The molecule has 5 heteroatoms. The molecule has 2 N–H and O–H groups in total. The topological polar surface area (TPSA) is 52.6 Å². The number of fused-ring (bicyclic) bond motifs is 3. The number of hydrogen-bond acceptors (Lipinski definition) is 3. The molecule has 5 rings (SSSR count). The number of carbonyl (C=O) groups is 1. The van der Waals surface area contributed by atoms with E-state index in [2.05, 4.69) is 29.6 Å². The van der Waals surface area contributed by atoms with E-state index in [1.54, 1.807) is 12.1 Å². The Balaban J connectivity index is 1.54. The summed E-state index contributed by atoms with van der Waals surface area (Å²) in [5.74, 6) is -0.263. The minimum atomic E-state index is -0.344. The van der Waals surface area contributed by atoms with E-state index in [0.29, 0.717) is 12.1 Å². The molecular formula is C25H27FN2O2. The minimum Gasteiger partial charge on any atom is -0.394 e. The molecule has 0 spiro atoms. The molecule has 3 aliphatic rings. The molecule has 1 fully saturated rings. The van der Waals surface area contributed by atoms with E-state index in [-0.39, 0.29) is 36.3 Å². The van der Waals surface area contributed by atoms with Crippen LogP contribution in [-0.2, 0) is 0 Å². The molecule has 30 heavy (non-hydrogen) atoms. The van der Waals surface area contributed by atoms with Gasteiger partial charge in [0.1, 0.15) is 5.82 Å². The van der Waals surface area contributed by atoms with Gasteiger partial charge in [0.05, 0.1) is 18.7 Å². The van der Waals surface area contributed by atoms with Crippen LogP contribution in [0.1, 0.15) is 59.6 Å². The SMILES string of the molecule is O=C(c1ccc(F)cc1)N1CC[C@@H]2[C@H]1c1cc(C3=CCCCC3)ccc1N[C@@H]2CO. The molecular weight excluding hydrogens is 379 g/mol. The second kappa shape index (κ2) is 7.88. The quantitative estimate of drug-likeness (QED) is 0.772. The lowest BCUT2D eigenvalue weighted by Gasteiger charge is -2.39. The fourth-order valence-electron chi connectivity index (χ4n) is 5.35. The standard InChI is InChI=1S/C25H27FN2O2/c26-19-9-6-17(7-10-19)25(30)28-13-12-20-23(15-29)27-22-11-8-18(14-21(22)24(20)28)16-4-2-1-3-5-16/h4,6-11,14,20,23-24,27,29H,1-3,5,12-13,15H2/t20-,23+,24-/m0/s1. The first kappa shape index (κ1) is 19.3. The maximum Gasteiger partial charge on any atom is 0.254 e. The summed E-state index contributed by atoms with van der Waals surface area (Å²) in [5.41, 5.74) is 5.25. The number of halogens is 1. The first-order valence-corrected chi connectivity index (χ1v) is 10.9. The van der Waals surface area contributed by atoms with Crippen molar-refractivity contribution in [3.05, 3.63) is 71.0 Å². The summed E-state index contributed by atoms with van der Waals surface area (Å²) >= 11 is 0. The molecule has 0 aromatic heterocycles. The molecule has 2 aromatic carbocycles. The fraction of sp³-hybridized carbons (Fsp3) is 0.400. The number of aliphatic hydroxyl groups is 1. The summed E-state index contributed by atoms with van der Waals surface area (Å²) in [6.07, 6.45) is 7.86. The third kappa shape index (κ3) is 3.31. The van der Waals surface area contributed by atoms with E-state index >= 15 is 0 Å². The van der Waals surface area contributed by atoms with Crippen LogP contribution in [-0.4, -0.2) is 35.1 Å². The lowest BCUT2D eigenvalue weighted by Crippen LogP contribution is -2.42. The molecule has 1 aliphatic carbocycles. The minimum absolute atomic E-state index is 0.0338. The Labute approximate surface area is 176 Å². The first-order valence-electron chi connectivity index (χ1n) is 10.9. The van der Waals surface area contributed by atoms with Gasteiger partial charge in [-0.25, -0.2) is 4.39 Å². The summed E-state index contributed by atoms with van der Waals surface area (Å²) in [5, 5.41) is 13.5. The van der Waals surface area contributed by atoms with E-state index in [0.717, 1.165) is 30.5 Å². The third-order valence-corrected chi connectivity index (χ3v) is 6.88. The van der Waals surface area contributed by atoms with Gasteiger partial charge in [-0.3, -0.25) is 4.79 Å². The molecule has 0 unspecified atom stereocenters. The Kier molecular flexibility index (Phi) is 5.07. The number of carbonyl (C=O) groups excluding carboxylic acids is 1. The number of nitrogens with zero attached hydrogens (tertiary/aromatic N) is 1. The number of nitrogens with one attached hydrogen (secondary N) is 1. The number of aliphatic hydroxyl groups excluding tert-OH is 1. The van der Waals surface area contributed by atoms with Crippen molar-refractivity contribution in [3.8, 4) is 0 Å². The normalized spacial score (nSPS) is 25.2. The Hall–Kier alpha value is -2.66. The molecule has 1 saturated heterocycles. The van der Waals surface area contributed by atoms with Crippen molar-refractivity contribution in [2.45, 2.75) is 44.2 Å². The largest absolute Gasteiger partial charge is 0.394 e. The number of likely N-dealkylation sites (tertiary alicyclic amines) is 1. The van der Waals surface area contributed by atoms with Crippen LogP contribution in [0.25, 0.3) is 5.57 Å². The van der Waals surface area contributed by atoms with E-state index in [9.17, 15) is 14.3 Å². The van der Waals surface area contributed by atoms with Crippen molar-refractivity contribution >= 4 is 17.2 Å². The van der Waals surface area contributed by atoms with Crippen LogP contribution in [0.3, 0.4) is 0 Å². The van der Waals surface area contributed by atoms with E-state index in [1.165, 1.54) is 36.1 Å². The lowest BCUT2D eigenvalue weighted by atomic mass is 9.81. The number of anilines is 1. The van der Waals surface area contributed by atoms with Crippen LogP contribution in [0.2, 0.25) is 0 Å². The summed E-state index contributed by atoms with van der Waals surface area (Å²) in [6.45, 7) is 0.669. The molecule has 1 amide bonds. The van der Waals surface area contributed by atoms with Crippen molar-refractivity contribution < 1.29 is 14.3 Å². The van der Waals surface area contributed by atoms with E-state index < -0.39 is 0 Å². The number of hydrogen-bond donors (Lipinski definition) is 2. The second-order valence-electron chi connectivity index (χ2n) is 8.61. The van der Waals surface area contributed by atoms with Gasteiger partial charge in [0.25, 0.3) is 5.91 Å².